The summed E-state index contributed by atoms with van der Waals surface area (Å²) in [5.74, 6) is -1.89. The molecule has 0 saturated carbocycles. The van der Waals surface area contributed by atoms with Gasteiger partial charge in [-0.05, 0) is 13.3 Å². The van der Waals surface area contributed by atoms with Crippen LogP contribution in [-0.4, -0.2) is 59.8 Å². The number of carbonyl (C=O) groups is 1. The lowest BCUT2D eigenvalue weighted by molar-refractivity contribution is -0.142. The molecular formula is C12H19N3O5S. The second-order valence-electron chi connectivity index (χ2n) is 5.02. The minimum atomic E-state index is -3.80. The van der Waals surface area contributed by atoms with E-state index in [9.17, 15) is 18.3 Å². The molecule has 8 nitrogen and oxygen atoms in total. The predicted octanol–water partition coefficient (Wildman–Crippen LogP) is 0.218. The Hall–Kier alpha value is -1.45. The van der Waals surface area contributed by atoms with Gasteiger partial charge in [-0.15, -0.1) is 0 Å². The van der Waals surface area contributed by atoms with Gasteiger partial charge in [-0.2, -0.15) is 9.40 Å². The van der Waals surface area contributed by atoms with Gasteiger partial charge in [0.25, 0.3) is 0 Å². The molecule has 9 heteroatoms. The van der Waals surface area contributed by atoms with Gasteiger partial charge < -0.3 is 9.84 Å². The molecule has 1 fully saturated rings. The van der Waals surface area contributed by atoms with Gasteiger partial charge >= 0.3 is 5.97 Å². The van der Waals surface area contributed by atoms with E-state index in [4.69, 9.17) is 4.74 Å². The van der Waals surface area contributed by atoms with Gasteiger partial charge in [-0.3, -0.25) is 9.89 Å². The fourth-order valence-electron chi connectivity index (χ4n) is 2.47. The summed E-state index contributed by atoms with van der Waals surface area (Å²) in [6, 6.07) is -0.693. The Bertz CT molecular complexity index is 612. The largest absolute Gasteiger partial charge is 0.481 e. The summed E-state index contributed by atoms with van der Waals surface area (Å²) < 4.78 is 32.0. The monoisotopic (exact) mass is 317 g/mol. The van der Waals surface area contributed by atoms with Gasteiger partial charge in [0.05, 0.1) is 37.1 Å². The van der Waals surface area contributed by atoms with Gasteiger partial charge in [0.15, 0.2) is 0 Å². The summed E-state index contributed by atoms with van der Waals surface area (Å²) in [5, 5.41) is 15.6. The third-order valence-electron chi connectivity index (χ3n) is 3.55. The molecule has 118 valence electrons. The normalized spacial score (nSPS) is 22.8. The van der Waals surface area contributed by atoms with Crippen LogP contribution < -0.4 is 0 Å². The summed E-state index contributed by atoms with van der Waals surface area (Å²) in [6.45, 7) is 3.82. The SMILES string of the molecule is CCCN(C1COCC1C(=O)O)S(=O)(=O)c1cn[nH]c1C. The van der Waals surface area contributed by atoms with E-state index in [-0.39, 0.29) is 24.7 Å². The summed E-state index contributed by atoms with van der Waals surface area (Å²) >= 11 is 0. The zero-order chi connectivity index (χ0) is 15.6. The Kier molecular flexibility index (Phi) is 4.64. The second-order valence-corrected chi connectivity index (χ2v) is 6.88. The van der Waals surface area contributed by atoms with Crippen LogP contribution in [0, 0.1) is 12.8 Å². The maximum atomic E-state index is 12.8. The third kappa shape index (κ3) is 2.94. The fraction of sp³-hybridized carbons (Fsp3) is 0.667. The summed E-state index contributed by atoms with van der Waals surface area (Å²) in [6.07, 6.45) is 1.83. The first-order chi connectivity index (χ1) is 9.89. The van der Waals surface area contributed by atoms with E-state index >= 15 is 0 Å². The Morgan fingerprint density at radius 2 is 2.29 bits per heavy atom. The molecule has 1 aliphatic heterocycles. The zero-order valence-corrected chi connectivity index (χ0v) is 12.8. The molecular weight excluding hydrogens is 298 g/mol. The smallest absolute Gasteiger partial charge is 0.310 e. The average Bonchev–Trinajstić information content (AvgIpc) is 3.04. The van der Waals surface area contributed by atoms with Crippen LogP contribution in [0.3, 0.4) is 0 Å². The van der Waals surface area contributed by atoms with Crippen LogP contribution in [0.4, 0.5) is 0 Å². The number of aryl methyl sites for hydroxylation is 1. The topological polar surface area (TPSA) is 113 Å². The van der Waals surface area contributed by atoms with E-state index in [2.05, 4.69) is 10.2 Å². The lowest BCUT2D eigenvalue weighted by Crippen LogP contribution is -2.46. The highest BCUT2D eigenvalue weighted by Gasteiger charge is 2.43. The molecule has 0 aliphatic carbocycles. The molecule has 1 aromatic rings. The van der Waals surface area contributed by atoms with E-state index in [1.54, 1.807) is 6.92 Å². The van der Waals surface area contributed by atoms with Gasteiger partial charge in [0.1, 0.15) is 4.90 Å². The van der Waals surface area contributed by atoms with Crippen molar-refractivity contribution in [2.75, 3.05) is 19.8 Å². The lowest BCUT2D eigenvalue weighted by Gasteiger charge is -2.28. The highest BCUT2D eigenvalue weighted by molar-refractivity contribution is 7.89. The van der Waals surface area contributed by atoms with Gasteiger partial charge in [-0.1, -0.05) is 6.92 Å². The van der Waals surface area contributed by atoms with Gasteiger partial charge in [0.2, 0.25) is 10.0 Å². The molecule has 0 radical (unpaired) electrons. The number of nitrogens with zero attached hydrogens (tertiary/aromatic N) is 2. The first-order valence-corrected chi connectivity index (χ1v) is 8.16. The average molecular weight is 317 g/mol. The number of aromatic amines is 1. The van der Waals surface area contributed by atoms with Crippen LogP contribution >= 0.6 is 0 Å². The maximum Gasteiger partial charge on any atom is 0.310 e. The van der Waals surface area contributed by atoms with Gasteiger partial charge in [0, 0.05) is 6.54 Å². The number of aromatic nitrogens is 2. The quantitative estimate of drug-likeness (QED) is 0.776. The van der Waals surface area contributed by atoms with Crippen LogP contribution in [0.1, 0.15) is 19.0 Å². The maximum absolute atomic E-state index is 12.8. The number of aliphatic carboxylic acids is 1. The zero-order valence-electron chi connectivity index (χ0n) is 11.9. The molecule has 2 atom stereocenters. The summed E-state index contributed by atoms with van der Waals surface area (Å²) in [5.41, 5.74) is 0.432. The number of ether oxygens (including phenoxy) is 1. The van der Waals surface area contributed by atoms with E-state index in [1.807, 2.05) is 6.92 Å². The van der Waals surface area contributed by atoms with Crippen LogP contribution in [0.5, 0.6) is 0 Å². The van der Waals surface area contributed by atoms with Crippen molar-refractivity contribution in [1.82, 2.24) is 14.5 Å². The minimum Gasteiger partial charge on any atom is -0.481 e. The Morgan fingerprint density at radius 1 is 1.57 bits per heavy atom. The van der Waals surface area contributed by atoms with Crippen molar-refractivity contribution in [3.8, 4) is 0 Å². The van der Waals surface area contributed by atoms with Crippen molar-refractivity contribution in [2.24, 2.45) is 5.92 Å². The van der Waals surface area contributed by atoms with Crippen LogP contribution in [0.2, 0.25) is 0 Å². The van der Waals surface area contributed by atoms with Crippen molar-refractivity contribution < 1.29 is 23.1 Å². The van der Waals surface area contributed by atoms with Crippen molar-refractivity contribution in [3.05, 3.63) is 11.9 Å². The molecule has 1 aliphatic rings. The van der Waals surface area contributed by atoms with Crippen molar-refractivity contribution in [2.45, 2.75) is 31.2 Å². The molecule has 2 N–H and O–H groups in total. The molecule has 1 aromatic heterocycles. The number of carboxylic acids is 1. The summed E-state index contributed by atoms with van der Waals surface area (Å²) in [4.78, 5) is 11.4. The molecule has 2 heterocycles. The molecule has 2 rings (SSSR count). The third-order valence-corrected chi connectivity index (χ3v) is 5.59. The van der Waals surface area contributed by atoms with Crippen molar-refractivity contribution in [1.29, 1.82) is 0 Å². The van der Waals surface area contributed by atoms with E-state index in [0.717, 1.165) is 0 Å². The Balaban J connectivity index is 2.39. The number of carboxylic acid groups (broad SMARTS) is 1. The standard InChI is InChI=1S/C12H19N3O5S/c1-3-4-15(10-7-20-6-9(10)12(16)17)21(18,19)11-5-13-14-8(11)2/h5,9-10H,3-4,6-7H2,1-2H3,(H,13,14)(H,16,17). The van der Waals surface area contributed by atoms with Crippen LogP contribution in [-0.2, 0) is 19.6 Å². The number of hydrogen-bond donors (Lipinski definition) is 2. The number of rotatable bonds is 6. The molecule has 0 bridgehead atoms. The number of hydrogen-bond acceptors (Lipinski definition) is 5. The minimum absolute atomic E-state index is 0.0279. The van der Waals surface area contributed by atoms with Crippen LogP contribution in [0.25, 0.3) is 0 Å². The first kappa shape index (κ1) is 15.9. The molecule has 0 spiro atoms. The highest BCUT2D eigenvalue weighted by Crippen LogP contribution is 2.27. The fourth-order valence-corrected chi connectivity index (χ4v) is 4.33. The number of H-pyrrole nitrogens is 1. The summed E-state index contributed by atoms with van der Waals surface area (Å²) in [7, 11) is -3.80. The number of sulfonamides is 1. The molecule has 21 heavy (non-hydrogen) atoms. The van der Waals surface area contributed by atoms with Crippen molar-refractivity contribution in [3.63, 3.8) is 0 Å². The van der Waals surface area contributed by atoms with E-state index in [0.29, 0.717) is 12.1 Å². The van der Waals surface area contributed by atoms with Gasteiger partial charge in [-0.25, -0.2) is 8.42 Å². The lowest BCUT2D eigenvalue weighted by atomic mass is 10.0. The molecule has 1 saturated heterocycles. The van der Waals surface area contributed by atoms with E-state index in [1.165, 1.54) is 10.5 Å². The Labute approximate surface area is 123 Å². The van der Waals surface area contributed by atoms with E-state index < -0.39 is 28.0 Å². The highest BCUT2D eigenvalue weighted by atomic mass is 32.2. The predicted molar refractivity (Wildman–Crippen MR) is 73.2 cm³/mol. The number of nitrogens with one attached hydrogen (secondary N) is 1. The first-order valence-electron chi connectivity index (χ1n) is 6.72. The second kappa shape index (κ2) is 6.12. The Morgan fingerprint density at radius 3 is 2.81 bits per heavy atom. The van der Waals surface area contributed by atoms with Crippen LogP contribution in [0.15, 0.2) is 11.1 Å². The molecule has 2 unspecified atom stereocenters. The molecule has 0 amide bonds. The molecule has 0 aromatic carbocycles. The van der Waals surface area contributed by atoms with Crippen molar-refractivity contribution >= 4 is 16.0 Å².